The van der Waals surface area contributed by atoms with Gasteiger partial charge in [0.15, 0.2) is 0 Å². The summed E-state index contributed by atoms with van der Waals surface area (Å²) in [4.78, 5) is 34.9. The van der Waals surface area contributed by atoms with Crippen molar-refractivity contribution in [2.45, 2.75) is 13.0 Å². The average Bonchev–Trinajstić information content (AvgIpc) is 2.63. The van der Waals surface area contributed by atoms with Crippen LogP contribution in [0.5, 0.6) is 0 Å². The highest BCUT2D eigenvalue weighted by Gasteiger charge is 2.31. The van der Waals surface area contributed by atoms with Gasteiger partial charge in [-0.25, -0.2) is 9.18 Å². The van der Waals surface area contributed by atoms with E-state index in [1.165, 1.54) is 48.5 Å². The van der Waals surface area contributed by atoms with E-state index in [4.69, 9.17) is 0 Å². The number of nitrogens with one attached hydrogen (secondary N) is 3. The molecule has 9 heteroatoms. The Hall–Kier alpha value is -3.75. The number of nitro groups is 1. The molecule has 0 spiro atoms. The predicted molar refractivity (Wildman–Crippen MR) is 95.2 cm³/mol. The Morgan fingerprint density at radius 3 is 2.37 bits per heavy atom. The van der Waals surface area contributed by atoms with Gasteiger partial charge in [-0.2, -0.15) is 0 Å². The van der Waals surface area contributed by atoms with Gasteiger partial charge >= 0.3 is 6.03 Å². The number of carbonyl (C=O) groups is 2. The molecule has 3 rings (SSSR count). The fourth-order valence-electron chi connectivity index (χ4n) is 2.77. The molecule has 27 heavy (non-hydrogen) atoms. The first-order chi connectivity index (χ1) is 12.8. The van der Waals surface area contributed by atoms with Crippen molar-refractivity contribution in [2.75, 3.05) is 5.32 Å². The zero-order valence-corrected chi connectivity index (χ0v) is 14.2. The van der Waals surface area contributed by atoms with Crippen LogP contribution in [0.15, 0.2) is 59.8 Å². The number of nitro benzene ring substituents is 1. The number of hydrogen-bond donors (Lipinski definition) is 3. The summed E-state index contributed by atoms with van der Waals surface area (Å²) in [7, 11) is 0. The normalized spacial score (nSPS) is 16.4. The number of hydrogen-bond acceptors (Lipinski definition) is 4. The highest BCUT2D eigenvalue weighted by Crippen LogP contribution is 2.29. The molecular weight excluding hydrogens is 355 g/mol. The fourth-order valence-corrected chi connectivity index (χ4v) is 2.77. The maximum atomic E-state index is 13.0. The molecule has 1 aliphatic rings. The maximum absolute atomic E-state index is 13.0. The number of rotatable bonds is 4. The zero-order valence-electron chi connectivity index (χ0n) is 14.2. The van der Waals surface area contributed by atoms with Crippen molar-refractivity contribution in [3.05, 3.63) is 81.3 Å². The van der Waals surface area contributed by atoms with Gasteiger partial charge in [0.05, 0.1) is 16.5 Å². The first-order valence-corrected chi connectivity index (χ1v) is 7.94. The summed E-state index contributed by atoms with van der Waals surface area (Å²) in [6.45, 7) is 1.58. The van der Waals surface area contributed by atoms with E-state index in [0.717, 1.165) is 0 Å². The van der Waals surface area contributed by atoms with Crippen LogP contribution in [0.2, 0.25) is 0 Å². The summed E-state index contributed by atoms with van der Waals surface area (Å²) in [5, 5.41) is 18.6. The van der Waals surface area contributed by atoms with Crippen molar-refractivity contribution in [3.63, 3.8) is 0 Å². The molecule has 3 N–H and O–H groups in total. The molecular formula is C18H15FN4O4. The Bertz CT molecular complexity index is 939. The number of carbonyl (C=O) groups excluding carboxylic acids is 2. The molecule has 8 nitrogen and oxygen atoms in total. The Labute approximate surface area is 153 Å². The van der Waals surface area contributed by atoms with Crippen LogP contribution in [0, 0.1) is 15.9 Å². The second-order valence-electron chi connectivity index (χ2n) is 5.88. The summed E-state index contributed by atoms with van der Waals surface area (Å²) >= 11 is 0. The molecule has 0 fully saturated rings. The van der Waals surface area contributed by atoms with Crippen LogP contribution in [0.25, 0.3) is 0 Å². The summed E-state index contributed by atoms with van der Waals surface area (Å²) in [5.74, 6) is -0.922. The number of halogens is 1. The minimum absolute atomic E-state index is 0.1000. The maximum Gasteiger partial charge on any atom is 0.319 e. The van der Waals surface area contributed by atoms with Gasteiger partial charge in [0.1, 0.15) is 5.82 Å². The van der Waals surface area contributed by atoms with E-state index in [9.17, 15) is 24.1 Å². The molecule has 0 radical (unpaired) electrons. The van der Waals surface area contributed by atoms with Crippen molar-refractivity contribution in [1.82, 2.24) is 10.6 Å². The van der Waals surface area contributed by atoms with Gasteiger partial charge in [0.25, 0.3) is 11.6 Å². The second kappa shape index (κ2) is 7.24. The van der Waals surface area contributed by atoms with E-state index in [0.29, 0.717) is 16.9 Å². The van der Waals surface area contributed by atoms with Gasteiger partial charge in [0.2, 0.25) is 0 Å². The number of urea groups is 1. The van der Waals surface area contributed by atoms with Crippen molar-refractivity contribution in [2.24, 2.45) is 0 Å². The van der Waals surface area contributed by atoms with Gasteiger partial charge in [-0.15, -0.1) is 0 Å². The molecule has 0 bridgehead atoms. The summed E-state index contributed by atoms with van der Waals surface area (Å²) < 4.78 is 13.0. The van der Waals surface area contributed by atoms with Crippen LogP contribution < -0.4 is 16.0 Å². The molecule has 3 amide bonds. The first kappa shape index (κ1) is 18.1. The van der Waals surface area contributed by atoms with E-state index in [1.54, 1.807) is 6.92 Å². The molecule has 1 heterocycles. The first-order valence-electron chi connectivity index (χ1n) is 7.94. The molecule has 0 aromatic heterocycles. The number of nitrogens with zero attached hydrogens (tertiary/aromatic N) is 1. The van der Waals surface area contributed by atoms with Gasteiger partial charge in [0, 0.05) is 23.5 Å². The smallest absolute Gasteiger partial charge is 0.319 e. The van der Waals surface area contributed by atoms with E-state index < -0.39 is 28.7 Å². The number of anilines is 1. The minimum atomic E-state index is -0.792. The number of non-ortho nitro benzene ring substituents is 1. The number of allylic oxidation sites excluding steroid dienone is 1. The van der Waals surface area contributed by atoms with Crippen molar-refractivity contribution in [3.8, 4) is 0 Å². The third-order valence-corrected chi connectivity index (χ3v) is 4.05. The van der Waals surface area contributed by atoms with Crippen LogP contribution >= 0.6 is 0 Å². The summed E-state index contributed by atoms with van der Waals surface area (Å²) in [6.07, 6.45) is 0. The molecule has 1 atom stereocenters. The van der Waals surface area contributed by atoms with Gasteiger partial charge in [-0.05, 0) is 48.9 Å². The van der Waals surface area contributed by atoms with E-state index in [2.05, 4.69) is 16.0 Å². The van der Waals surface area contributed by atoms with Crippen LogP contribution in [-0.4, -0.2) is 16.9 Å². The highest BCUT2D eigenvalue weighted by atomic mass is 19.1. The van der Waals surface area contributed by atoms with Crippen LogP contribution in [0.1, 0.15) is 18.5 Å². The van der Waals surface area contributed by atoms with Gasteiger partial charge in [-0.3, -0.25) is 14.9 Å². The third kappa shape index (κ3) is 3.92. The fraction of sp³-hybridized carbons (Fsp3) is 0.111. The predicted octanol–water partition coefficient (Wildman–Crippen LogP) is 3.00. The minimum Gasteiger partial charge on any atom is -0.327 e. The highest BCUT2D eigenvalue weighted by molar-refractivity contribution is 6.06. The van der Waals surface area contributed by atoms with Gasteiger partial charge in [-0.1, -0.05) is 0 Å². The lowest BCUT2D eigenvalue weighted by atomic mass is 9.94. The molecule has 0 saturated heterocycles. The number of benzene rings is 2. The third-order valence-electron chi connectivity index (χ3n) is 4.05. The molecule has 0 aliphatic carbocycles. The lowest BCUT2D eigenvalue weighted by Crippen LogP contribution is -2.45. The molecule has 1 aliphatic heterocycles. The Morgan fingerprint density at radius 2 is 1.78 bits per heavy atom. The molecule has 0 saturated carbocycles. The van der Waals surface area contributed by atoms with Crippen molar-refractivity contribution in [1.29, 1.82) is 0 Å². The zero-order chi connectivity index (χ0) is 19.6. The number of amides is 3. The molecule has 1 unspecified atom stereocenters. The lowest BCUT2D eigenvalue weighted by Gasteiger charge is -2.28. The Morgan fingerprint density at radius 1 is 1.15 bits per heavy atom. The van der Waals surface area contributed by atoms with E-state index >= 15 is 0 Å². The summed E-state index contributed by atoms with van der Waals surface area (Å²) in [5.41, 5.74) is 1.40. The quantitative estimate of drug-likeness (QED) is 0.567. The Balaban J connectivity index is 1.92. The van der Waals surface area contributed by atoms with Crippen LogP contribution in [-0.2, 0) is 4.79 Å². The second-order valence-corrected chi connectivity index (χ2v) is 5.88. The molecule has 138 valence electrons. The summed E-state index contributed by atoms with van der Waals surface area (Å²) in [6, 6.07) is 9.53. The van der Waals surface area contributed by atoms with Crippen molar-refractivity contribution < 1.29 is 18.9 Å². The average molecular weight is 370 g/mol. The molecule has 2 aromatic rings. The largest absolute Gasteiger partial charge is 0.327 e. The monoisotopic (exact) mass is 370 g/mol. The molecule has 2 aromatic carbocycles. The topological polar surface area (TPSA) is 113 Å². The van der Waals surface area contributed by atoms with Crippen LogP contribution in [0.4, 0.5) is 20.6 Å². The van der Waals surface area contributed by atoms with E-state index in [1.807, 2.05) is 0 Å². The Kier molecular flexibility index (Phi) is 4.84. The standard InChI is InChI=1S/C18H15FN4O4/c1-10-15(17(24)21-13-6-4-12(19)5-7-13)16(22-18(25)20-10)11-2-8-14(9-3-11)23(26)27/h2-9,16H,1H3,(H,21,24)(H2,20,22,25). The SMILES string of the molecule is CC1=C(C(=O)Nc2ccc(F)cc2)C(c2ccc([N+](=O)[O-])cc2)NC(=O)N1. The van der Waals surface area contributed by atoms with Crippen LogP contribution in [0.3, 0.4) is 0 Å². The van der Waals surface area contributed by atoms with Gasteiger partial charge < -0.3 is 16.0 Å². The lowest BCUT2D eigenvalue weighted by molar-refractivity contribution is -0.384. The van der Waals surface area contributed by atoms with Crippen molar-refractivity contribution >= 4 is 23.3 Å². The van der Waals surface area contributed by atoms with E-state index in [-0.39, 0.29) is 11.3 Å².